The molecule has 3 atom stereocenters. The van der Waals surface area contributed by atoms with Gasteiger partial charge in [-0.05, 0) is 30.5 Å². The SMILES string of the molecule is COCC(c1ccccc1)N1CC2CNCC2C1. The first-order chi connectivity index (χ1) is 8.88. The lowest BCUT2D eigenvalue weighted by molar-refractivity contribution is 0.100. The molecule has 1 aromatic carbocycles. The van der Waals surface area contributed by atoms with E-state index in [0.29, 0.717) is 6.04 Å². The molecule has 1 N–H and O–H groups in total. The van der Waals surface area contributed by atoms with Gasteiger partial charge in [0, 0.05) is 20.2 Å². The largest absolute Gasteiger partial charge is 0.383 e. The van der Waals surface area contributed by atoms with Gasteiger partial charge in [-0.1, -0.05) is 30.3 Å². The number of likely N-dealkylation sites (tertiary alicyclic amines) is 1. The lowest BCUT2D eigenvalue weighted by Gasteiger charge is -2.28. The van der Waals surface area contributed by atoms with Crippen molar-refractivity contribution in [1.82, 2.24) is 10.2 Å². The summed E-state index contributed by atoms with van der Waals surface area (Å²) in [5, 5.41) is 3.50. The molecule has 1 aromatic rings. The number of fused-ring (bicyclic) bond motifs is 1. The summed E-state index contributed by atoms with van der Waals surface area (Å²) in [6, 6.07) is 11.2. The van der Waals surface area contributed by atoms with E-state index in [1.165, 1.54) is 31.7 Å². The Morgan fingerprint density at radius 3 is 2.50 bits per heavy atom. The van der Waals surface area contributed by atoms with Crippen molar-refractivity contribution < 1.29 is 4.74 Å². The molecule has 0 amide bonds. The fourth-order valence-electron chi connectivity index (χ4n) is 3.39. The quantitative estimate of drug-likeness (QED) is 0.872. The lowest BCUT2D eigenvalue weighted by atomic mass is 10.0. The van der Waals surface area contributed by atoms with E-state index in [-0.39, 0.29) is 0 Å². The van der Waals surface area contributed by atoms with Gasteiger partial charge in [0.1, 0.15) is 0 Å². The summed E-state index contributed by atoms with van der Waals surface area (Å²) < 4.78 is 5.44. The normalized spacial score (nSPS) is 29.4. The van der Waals surface area contributed by atoms with Crippen LogP contribution < -0.4 is 5.32 Å². The van der Waals surface area contributed by atoms with Gasteiger partial charge in [-0.25, -0.2) is 0 Å². The first-order valence-electron chi connectivity index (χ1n) is 6.87. The highest BCUT2D eigenvalue weighted by Gasteiger charge is 2.38. The molecule has 3 rings (SSSR count). The van der Waals surface area contributed by atoms with Gasteiger partial charge in [-0.15, -0.1) is 0 Å². The van der Waals surface area contributed by atoms with Gasteiger partial charge in [-0.2, -0.15) is 0 Å². The first kappa shape index (κ1) is 12.2. The smallest absolute Gasteiger partial charge is 0.0659 e. The highest BCUT2D eigenvalue weighted by molar-refractivity contribution is 5.19. The Balaban J connectivity index is 1.74. The van der Waals surface area contributed by atoms with Crippen molar-refractivity contribution in [1.29, 1.82) is 0 Å². The van der Waals surface area contributed by atoms with Gasteiger partial charge in [0.15, 0.2) is 0 Å². The zero-order valence-electron chi connectivity index (χ0n) is 11.0. The Morgan fingerprint density at radius 1 is 1.22 bits per heavy atom. The number of ether oxygens (including phenoxy) is 1. The summed E-state index contributed by atoms with van der Waals surface area (Å²) in [5.74, 6) is 1.68. The van der Waals surface area contributed by atoms with Crippen molar-refractivity contribution in [3.05, 3.63) is 35.9 Å². The minimum absolute atomic E-state index is 0.418. The van der Waals surface area contributed by atoms with E-state index in [1.54, 1.807) is 7.11 Å². The highest BCUT2D eigenvalue weighted by atomic mass is 16.5. The van der Waals surface area contributed by atoms with Crippen LogP contribution in [0.25, 0.3) is 0 Å². The minimum atomic E-state index is 0.418. The molecule has 2 aliphatic heterocycles. The van der Waals surface area contributed by atoms with E-state index >= 15 is 0 Å². The summed E-state index contributed by atoms with van der Waals surface area (Å²) >= 11 is 0. The van der Waals surface area contributed by atoms with Crippen LogP contribution in [-0.2, 0) is 4.74 Å². The number of nitrogens with one attached hydrogen (secondary N) is 1. The third-order valence-electron chi connectivity index (χ3n) is 4.37. The number of benzene rings is 1. The molecule has 0 spiro atoms. The summed E-state index contributed by atoms with van der Waals surface area (Å²) in [6.45, 7) is 5.59. The monoisotopic (exact) mass is 246 g/mol. The minimum Gasteiger partial charge on any atom is -0.383 e. The van der Waals surface area contributed by atoms with Crippen molar-refractivity contribution in [2.45, 2.75) is 6.04 Å². The molecule has 3 unspecified atom stereocenters. The molecule has 2 saturated heterocycles. The van der Waals surface area contributed by atoms with Crippen LogP contribution in [-0.4, -0.2) is 44.8 Å². The molecular formula is C15H22N2O. The standard InChI is InChI=1S/C15H22N2O/c1-18-11-15(12-5-3-2-4-6-12)17-9-13-7-16-8-14(13)10-17/h2-6,13-16H,7-11H2,1H3. The lowest BCUT2D eigenvalue weighted by Crippen LogP contribution is -2.32. The Kier molecular flexibility index (Phi) is 3.64. The molecule has 0 aliphatic carbocycles. The Bertz CT molecular complexity index is 369. The van der Waals surface area contributed by atoms with Gasteiger partial charge in [0.25, 0.3) is 0 Å². The maximum atomic E-state index is 5.44. The van der Waals surface area contributed by atoms with Gasteiger partial charge in [-0.3, -0.25) is 4.90 Å². The number of hydrogen-bond donors (Lipinski definition) is 1. The molecule has 3 nitrogen and oxygen atoms in total. The summed E-state index contributed by atoms with van der Waals surface area (Å²) in [5.41, 5.74) is 1.38. The number of nitrogens with zero attached hydrogens (tertiary/aromatic N) is 1. The van der Waals surface area contributed by atoms with E-state index in [9.17, 15) is 0 Å². The molecule has 2 aliphatic rings. The summed E-state index contributed by atoms with van der Waals surface area (Å²) in [6.07, 6.45) is 0. The van der Waals surface area contributed by atoms with E-state index in [2.05, 4.69) is 40.5 Å². The van der Waals surface area contributed by atoms with E-state index in [1.807, 2.05) is 0 Å². The maximum absolute atomic E-state index is 5.44. The van der Waals surface area contributed by atoms with Gasteiger partial charge in [0.05, 0.1) is 12.6 Å². The Hall–Kier alpha value is -0.900. The second-order valence-electron chi connectivity index (χ2n) is 5.51. The van der Waals surface area contributed by atoms with Crippen LogP contribution in [0.1, 0.15) is 11.6 Å². The van der Waals surface area contributed by atoms with Crippen molar-refractivity contribution in [2.75, 3.05) is 39.9 Å². The van der Waals surface area contributed by atoms with E-state index in [4.69, 9.17) is 4.74 Å². The predicted molar refractivity (Wildman–Crippen MR) is 72.5 cm³/mol. The predicted octanol–water partition coefficient (Wildman–Crippen LogP) is 1.53. The third-order valence-corrected chi connectivity index (χ3v) is 4.37. The van der Waals surface area contributed by atoms with Gasteiger partial charge in [0.2, 0.25) is 0 Å². The topological polar surface area (TPSA) is 24.5 Å². The number of methoxy groups -OCH3 is 1. The average molecular weight is 246 g/mol. The maximum Gasteiger partial charge on any atom is 0.0659 e. The van der Waals surface area contributed by atoms with Crippen molar-refractivity contribution in [2.24, 2.45) is 11.8 Å². The molecular weight excluding hydrogens is 224 g/mol. The summed E-state index contributed by atoms with van der Waals surface area (Å²) in [4.78, 5) is 2.61. The molecule has 18 heavy (non-hydrogen) atoms. The van der Waals surface area contributed by atoms with Gasteiger partial charge < -0.3 is 10.1 Å². The molecule has 98 valence electrons. The second-order valence-corrected chi connectivity index (χ2v) is 5.51. The van der Waals surface area contributed by atoms with Crippen molar-refractivity contribution in [3.63, 3.8) is 0 Å². The van der Waals surface area contributed by atoms with Crippen LogP contribution in [0.5, 0.6) is 0 Å². The number of hydrogen-bond acceptors (Lipinski definition) is 3. The third kappa shape index (κ3) is 2.30. The molecule has 3 heteroatoms. The Labute approximate surface area is 109 Å². The van der Waals surface area contributed by atoms with Crippen molar-refractivity contribution >= 4 is 0 Å². The average Bonchev–Trinajstić information content (AvgIpc) is 2.97. The van der Waals surface area contributed by atoms with E-state index in [0.717, 1.165) is 18.4 Å². The fraction of sp³-hybridized carbons (Fsp3) is 0.600. The van der Waals surface area contributed by atoms with Crippen LogP contribution >= 0.6 is 0 Å². The molecule has 0 aromatic heterocycles. The van der Waals surface area contributed by atoms with Crippen LogP contribution in [0, 0.1) is 11.8 Å². The molecule has 0 bridgehead atoms. The molecule has 0 saturated carbocycles. The molecule has 0 radical (unpaired) electrons. The van der Waals surface area contributed by atoms with Crippen molar-refractivity contribution in [3.8, 4) is 0 Å². The zero-order chi connectivity index (χ0) is 12.4. The van der Waals surface area contributed by atoms with Crippen LogP contribution in [0.2, 0.25) is 0 Å². The Morgan fingerprint density at radius 2 is 1.89 bits per heavy atom. The second kappa shape index (κ2) is 5.39. The van der Waals surface area contributed by atoms with Gasteiger partial charge >= 0.3 is 0 Å². The van der Waals surface area contributed by atoms with Crippen LogP contribution in [0.4, 0.5) is 0 Å². The zero-order valence-corrected chi connectivity index (χ0v) is 11.0. The van der Waals surface area contributed by atoms with Crippen LogP contribution in [0.15, 0.2) is 30.3 Å². The molecule has 2 heterocycles. The highest BCUT2D eigenvalue weighted by Crippen LogP contribution is 2.33. The molecule has 2 fully saturated rings. The first-order valence-corrected chi connectivity index (χ1v) is 6.87. The fourth-order valence-corrected chi connectivity index (χ4v) is 3.39. The van der Waals surface area contributed by atoms with Crippen LogP contribution in [0.3, 0.4) is 0 Å². The number of rotatable bonds is 4. The van der Waals surface area contributed by atoms with E-state index < -0.39 is 0 Å². The summed E-state index contributed by atoms with van der Waals surface area (Å²) in [7, 11) is 1.80.